The van der Waals surface area contributed by atoms with Gasteiger partial charge in [0.2, 0.25) is 23.2 Å². The summed E-state index contributed by atoms with van der Waals surface area (Å²) in [5.41, 5.74) is -1.42. The van der Waals surface area contributed by atoms with Crippen LogP contribution >= 0.6 is 0 Å². The molecule has 0 amide bonds. The number of benzene rings is 2. The van der Waals surface area contributed by atoms with Gasteiger partial charge in [-0.2, -0.15) is 0 Å². The fraction of sp³-hybridized carbons (Fsp3) is 0.286. The Kier molecular flexibility index (Phi) is 5.46. The molecular weight excluding hydrogens is 444 g/mol. The predicted molar refractivity (Wildman–Crippen MR) is 109 cm³/mol. The van der Waals surface area contributed by atoms with E-state index in [4.69, 9.17) is 13.9 Å². The number of hydrogen-bond acceptors (Lipinski definition) is 12. The summed E-state index contributed by atoms with van der Waals surface area (Å²) < 4.78 is 16.5. The van der Waals surface area contributed by atoms with E-state index >= 15 is 0 Å². The molecular formula is C21H20O12. The van der Waals surface area contributed by atoms with Crippen LogP contribution in [0.4, 0.5) is 0 Å². The molecule has 3 aromatic rings. The Morgan fingerprint density at radius 3 is 2.21 bits per heavy atom. The highest BCUT2D eigenvalue weighted by atomic mass is 16.7. The first-order valence-corrected chi connectivity index (χ1v) is 9.64. The van der Waals surface area contributed by atoms with Gasteiger partial charge in [0.15, 0.2) is 28.8 Å². The molecule has 2 aromatic carbocycles. The van der Waals surface area contributed by atoms with Crippen LogP contribution in [0, 0.1) is 0 Å². The van der Waals surface area contributed by atoms with Gasteiger partial charge in [-0.1, -0.05) is 0 Å². The maximum absolute atomic E-state index is 13.3. The average molecular weight is 464 g/mol. The van der Waals surface area contributed by atoms with E-state index in [9.17, 15) is 45.6 Å². The molecule has 2 heterocycles. The first-order valence-electron chi connectivity index (χ1n) is 9.64. The van der Waals surface area contributed by atoms with E-state index in [1.807, 2.05) is 0 Å². The zero-order chi connectivity index (χ0) is 24.2. The Bertz CT molecular complexity index is 1280. The number of fused-ring (bicyclic) bond motifs is 1. The number of aliphatic hydroxyl groups is 3. The van der Waals surface area contributed by atoms with E-state index < -0.39 is 76.0 Å². The van der Waals surface area contributed by atoms with Gasteiger partial charge in [-0.25, -0.2) is 0 Å². The number of aliphatic hydroxyl groups excluding tert-OH is 3. The topological polar surface area (TPSA) is 211 Å². The Morgan fingerprint density at radius 2 is 1.55 bits per heavy atom. The van der Waals surface area contributed by atoms with Crippen molar-refractivity contribution < 1.29 is 54.7 Å². The number of hydrogen-bond donors (Lipinski definition) is 8. The highest BCUT2D eigenvalue weighted by Crippen LogP contribution is 2.43. The minimum atomic E-state index is -1.80. The molecule has 12 heteroatoms. The lowest BCUT2D eigenvalue weighted by atomic mass is 10.00. The molecule has 1 saturated heterocycles. The summed E-state index contributed by atoms with van der Waals surface area (Å²) in [6.07, 6.45) is -7.59. The van der Waals surface area contributed by atoms with Gasteiger partial charge in [0.05, 0.1) is 6.10 Å². The zero-order valence-electron chi connectivity index (χ0n) is 16.9. The summed E-state index contributed by atoms with van der Waals surface area (Å²) in [6.45, 7) is 1.39. The van der Waals surface area contributed by atoms with Gasteiger partial charge >= 0.3 is 0 Å². The quantitative estimate of drug-likeness (QED) is 0.244. The number of rotatable bonds is 3. The summed E-state index contributed by atoms with van der Waals surface area (Å²) in [7, 11) is 0. The Morgan fingerprint density at radius 1 is 0.848 bits per heavy atom. The first kappa shape index (κ1) is 22.5. The number of phenolic OH excluding ortho intramolecular Hbond substituents is 5. The van der Waals surface area contributed by atoms with Gasteiger partial charge in [-0.05, 0) is 25.1 Å². The molecule has 0 aliphatic carbocycles. The van der Waals surface area contributed by atoms with Crippen molar-refractivity contribution >= 4 is 11.0 Å². The van der Waals surface area contributed by atoms with Gasteiger partial charge in [-0.3, -0.25) is 4.79 Å². The van der Waals surface area contributed by atoms with E-state index in [2.05, 4.69) is 0 Å². The smallest absolute Gasteiger partial charge is 0.239 e. The van der Waals surface area contributed by atoms with Gasteiger partial charge < -0.3 is 54.7 Å². The van der Waals surface area contributed by atoms with Gasteiger partial charge in [0.25, 0.3) is 0 Å². The van der Waals surface area contributed by atoms with E-state index in [1.54, 1.807) is 0 Å². The van der Waals surface area contributed by atoms with Crippen LogP contribution in [0.2, 0.25) is 0 Å². The lowest BCUT2D eigenvalue weighted by molar-refractivity contribution is -0.268. The summed E-state index contributed by atoms with van der Waals surface area (Å²) in [6, 6.07) is 4.25. The van der Waals surface area contributed by atoms with Gasteiger partial charge in [-0.15, -0.1) is 0 Å². The van der Waals surface area contributed by atoms with Crippen molar-refractivity contribution in [2.75, 3.05) is 0 Å². The molecule has 8 N–H and O–H groups in total. The maximum atomic E-state index is 13.3. The number of aromatic hydroxyl groups is 5. The fourth-order valence-corrected chi connectivity index (χ4v) is 3.48. The molecule has 4 rings (SSSR count). The van der Waals surface area contributed by atoms with Crippen LogP contribution < -0.4 is 10.2 Å². The van der Waals surface area contributed by atoms with Crippen LogP contribution in [0.25, 0.3) is 22.3 Å². The molecule has 33 heavy (non-hydrogen) atoms. The largest absolute Gasteiger partial charge is 0.504 e. The number of phenols is 5. The summed E-state index contributed by atoms with van der Waals surface area (Å²) in [5.74, 6) is -4.84. The van der Waals surface area contributed by atoms with E-state index in [0.717, 1.165) is 18.2 Å². The molecule has 12 nitrogen and oxygen atoms in total. The third-order valence-corrected chi connectivity index (χ3v) is 5.35. The normalized spacial score (nSPS) is 25.3. The highest BCUT2D eigenvalue weighted by molar-refractivity contribution is 5.91. The van der Waals surface area contributed by atoms with Crippen molar-refractivity contribution in [1.29, 1.82) is 0 Å². The molecule has 0 spiro atoms. The summed E-state index contributed by atoms with van der Waals surface area (Å²) in [4.78, 5) is 13.3. The maximum Gasteiger partial charge on any atom is 0.239 e. The molecule has 0 radical (unpaired) electrons. The summed E-state index contributed by atoms with van der Waals surface area (Å²) in [5, 5.41) is 78.9. The molecule has 1 aromatic heterocycles. The first-order chi connectivity index (χ1) is 15.5. The minimum absolute atomic E-state index is 0.00489. The highest BCUT2D eigenvalue weighted by Gasteiger charge is 2.44. The van der Waals surface area contributed by atoms with Crippen molar-refractivity contribution in [3.63, 3.8) is 0 Å². The zero-order valence-corrected chi connectivity index (χ0v) is 16.9. The van der Waals surface area contributed by atoms with Crippen molar-refractivity contribution in [3.05, 3.63) is 34.5 Å². The molecule has 5 atom stereocenters. The molecule has 0 unspecified atom stereocenters. The molecule has 1 aliphatic rings. The second-order valence-electron chi connectivity index (χ2n) is 7.56. The molecule has 0 saturated carbocycles. The summed E-state index contributed by atoms with van der Waals surface area (Å²) >= 11 is 0. The van der Waals surface area contributed by atoms with Gasteiger partial charge in [0, 0.05) is 11.6 Å². The SMILES string of the molecule is C[C@H]1O[C@@H](Oc2c(-c3ccc(O)c(O)c3)oc3cc(O)c(O)c(O)c3c2=O)[C@@H](O)[C@H](O)[C@H]1O. The lowest BCUT2D eigenvalue weighted by Gasteiger charge is -2.38. The van der Waals surface area contributed by atoms with Crippen molar-refractivity contribution in [3.8, 4) is 45.8 Å². The Labute approximate surface area is 184 Å². The van der Waals surface area contributed by atoms with E-state index in [1.165, 1.54) is 13.0 Å². The average Bonchev–Trinajstić information content (AvgIpc) is 2.77. The molecule has 0 bridgehead atoms. The van der Waals surface area contributed by atoms with Crippen LogP contribution in [0.1, 0.15) is 6.92 Å². The molecule has 1 aliphatic heterocycles. The Hall–Kier alpha value is -3.71. The number of ether oxygens (including phenoxy) is 2. The van der Waals surface area contributed by atoms with Crippen molar-refractivity contribution in [2.24, 2.45) is 0 Å². The second kappa shape index (κ2) is 8.01. The van der Waals surface area contributed by atoms with Crippen molar-refractivity contribution in [1.82, 2.24) is 0 Å². The van der Waals surface area contributed by atoms with Crippen LogP contribution in [0.3, 0.4) is 0 Å². The van der Waals surface area contributed by atoms with Gasteiger partial charge in [0.1, 0.15) is 29.3 Å². The third kappa shape index (κ3) is 3.64. The molecule has 176 valence electrons. The lowest BCUT2D eigenvalue weighted by Crippen LogP contribution is -2.58. The monoisotopic (exact) mass is 464 g/mol. The predicted octanol–water partition coefficient (Wildman–Crippen LogP) is 0.194. The third-order valence-electron chi connectivity index (χ3n) is 5.35. The van der Waals surface area contributed by atoms with Crippen LogP contribution in [0.15, 0.2) is 33.5 Å². The van der Waals surface area contributed by atoms with E-state index in [-0.39, 0.29) is 16.9 Å². The molecule has 1 fully saturated rings. The van der Waals surface area contributed by atoms with E-state index in [0.29, 0.717) is 0 Å². The Balaban J connectivity index is 1.95. The second-order valence-corrected chi connectivity index (χ2v) is 7.56. The minimum Gasteiger partial charge on any atom is -0.504 e. The van der Waals surface area contributed by atoms with Crippen molar-refractivity contribution in [2.45, 2.75) is 37.6 Å². The fourth-order valence-electron chi connectivity index (χ4n) is 3.48. The van der Waals surface area contributed by atoms with Crippen LogP contribution in [0.5, 0.6) is 34.5 Å². The standard InChI is InChI=1S/C21H20O12/c1-6-13(25)17(29)18(30)21(31-6)33-20-16(28)12-11(5-10(24)14(26)15(12)27)32-19(20)7-2-3-8(22)9(23)4-7/h2-6,13,17-18,21-27,29-30H,1H3/t6-,13+,17-,18+,21+/m1/s1. The van der Waals surface area contributed by atoms with Crippen LogP contribution in [-0.2, 0) is 4.74 Å². The van der Waals surface area contributed by atoms with Crippen LogP contribution in [-0.4, -0.2) is 71.6 Å².